The molecular weight excluding hydrogens is 224 g/mol. The first kappa shape index (κ1) is 11.5. The quantitative estimate of drug-likeness (QED) is 0.793. The Morgan fingerprint density at radius 2 is 1.93 bits per heavy atom. The second-order valence-corrected chi connectivity index (χ2v) is 5.61. The Hall–Kier alpha value is -0.580. The van der Waals surface area contributed by atoms with Crippen molar-refractivity contribution in [1.29, 1.82) is 0 Å². The van der Waals surface area contributed by atoms with E-state index in [9.17, 15) is 8.42 Å². The minimum Gasteiger partial charge on any atom is -0.392 e. The van der Waals surface area contributed by atoms with Gasteiger partial charge in [0.2, 0.25) is 0 Å². The molecule has 0 aliphatic rings. The van der Waals surface area contributed by atoms with Crippen LogP contribution in [0.25, 0.3) is 0 Å². The van der Waals surface area contributed by atoms with Gasteiger partial charge in [-0.15, -0.1) is 0 Å². The van der Waals surface area contributed by atoms with Crippen molar-refractivity contribution in [2.75, 3.05) is 0 Å². The van der Waals surface area contributed by atoms with E-state index in [0.29, 0.717) is 11.1 Å². The highest BCUT2D eigenvalue weighted by Crippen LogP contribution is 2.24. The van der Waals surface area contributed by atoms with Crippen molar-refractivity contribution in [3.05, 3.63) is 28.8 Å². The minimum absolute atomic E-state index is 0.0637. The SMILES string of the molecule is Cc1ccc(S(=O)(=O)Cl)c(C)c1CO. The summed E-state index contributed by atoms with van der Waals surface area (Å²) >= 11 is 0. The lowest BCUT2D eigenvalue weighted by Gasteiger charge is -2.09. The van der Waals surface area contributed by atoms with Crippen LogP contribution in [0.1, 0.15) is 16.7 Å². The maximum absolute atomic E-state index is 11.1. The zero-order valence-electron chi connectivity index (χ0n) is 7.91. The van der Waals surface area contributed by atoms with Gasteiger partial charge in [-0.25, -0.2) is 8.42 Å². The molecule has 0 saturated carbocycles. The Balaban J connectivity index is 3.52. The van der Waals surface area contributed by atoms with Gasteiger partial charge in [0.1, 0.15) is 0 Å². The molecule has 0 aliphatic heterocycles. The molecule has 0 unspecified atom stereocenters. The molecule has 1 N–H and O–H groups in total. The summed E-state index contributed by atoms with van der Waals surface area (Å²) in [6.45, 7) is 3.26. The smallest absolute Gasteiger partial charge is 0.261 e. The normalized spacial score (nSPS) is 11.7. The number of benzene rings is 1. The number of rotatable bonds is 2. The van der Waals surface area contributed by atoms with Crippen molar-refractivity contribution in [3.8, 4) is 0 Å². The molecule has 0 radical (unpaired) electrons. The van der Waals surface area contributed by atoms with E-state index in [1.165, 1.54) is 6.07 Å². The van der Waals surface area contributed by atoms with Crippen LogP contribution in [0.3, 0.4) is 0 Å². The van der Waals surface area contributed by atoms with Crippen molar-refractivity contribution >= 4 is 19.7 Å². The Morgan fingerprint density at radius 1 is 1.36 bits per heavy atom. The van der Waals surface area contributed by atoms with Crippen LogP contribution in [0.5, 0.6) is 0 Å². The predicted molar refractivity (Wildman–Crippen MR) is 54.9 cm³/mol. The Bertz CT molecular complexity index is 451. The predicted octanol–water partition coefficient (Wildman–Crippen LogP) is 1.72. The summed E-state index contributed by atoms with van der Waals surface area (Å²) in [5, 5.41) is 9.05. The van der Waals surface area contributed by atoms with Gasteiger partial charge in [-0.05, 0) is 36.6 Å². The molecule has 1 rings (SSSR count). The molecule has 0 aliphatic carbocycles. The lowest BCUT2D eigenvalue weighted by atomic mass is 10.0. The molecule has 0 heterocycles. The summed E-state index contributed by atoms with van der Waals surface area (Å²) in [6.07, 6.45) is 0. The highest BCUT2D eigenvalue weighted by atomic mass is 35.7. The van der Waals surface area contributed by atoms with E-state index >= 15 is 0 Å². The van der Waals surface area contributed by atoms with Crippen LogP contribution in [0.4, 0.5) is 0 Å². The monoisotopic (exact) mass is 234 g/mol. The van der Waals surface area contributed by atoms with Gasteiger partial charge in [0.05, 0.1) is 11.5 Å². The molecule has 14 heavy (non-hydrogen) atoms. The first-order chi connectivity index (χ1) is 6.38. The van der Waals surface area contributed by atoms with Crippen LogP contribution in [0, 0.1) is 13.8 Å². The van der Waals surface area contributed by atoms with Gasteiger partial charge in [0.25, 0.3) is 9.05 Å². The fourth-order valence-corrected chi connectivity index (χ4v) is 2.60. The summed E-state index contributed by atoms with van der Waals surface area (Å²) < 4.78 is 22.2. The van der Waals surface area contributed by atoms with Crippen molar-refractivity contribution in [1.82, 2.24) is 0 Å². The number of aryl methyl sites for hydroxylation is 1. The van der Waals surface area contributed by atoms with E-state index in [4.69, 9.17) is 15.8 Å². The second kappa shape index (κ2) is 3.88. The van der Waals surface area contributed by atoms with Gasteiger partial charge in [-0.2, -0.15) is 0 Å². The van der Waals surface area contributed by atoms with E-state index in [1.807, 2.05) is 6.92 Å². The van der Waals surface area contributed by atoms with Crippen molar-refractivity contribution in [2.24, 2.45) is 0 Å². The van der Waals surface area contributed by atoms with Crippen LogP contribution in [-0.4, -0.2) is 13.5 Å². The average molecular weight is 235 g/mol. The van der Waals surface area contributed by atoms with Crippen molar-refractivity contribution < 1.29 is 13.5 Å². The zero-order valence-corrected chi connectivity index (χ0v) is 9.48. The molecule has 1 aromatic rings. The fraction of sp³-hybridized carbons (Fsp3) is 0.333. The molecule has 0 spiro atoms. The third kappa shape index (κ3) is 2.08. The molecule has 0 aromatic heterocycles. The first-order valence-electron chi connectivity index (χ1n) is 4.02. The summed E-state index contributed by atoms with van der Waals surface area (Å²) in [5.74, 6) is 0. The van der Waals surface area contributed by atoms with Crippen molar-refractivity contribution in [2.45, 2.75) is 25.3 Å². The van der Waals surface area contributed by atoms with Gasteiger partial charge in [-0.3, -0.25) is 0 Å². The molecule has 1 aromatic carbocycles. The first-order valence-corrected chi connectivity index (χ1v) is 6.33. The third-order valence-electron chi connectivity index (χ3n) is 2.20. The van der Waals surface area contributed by atoms with E-state index in [0.717, 1.165) is 5.56 Å². The van der Waals surface area contributed by atoms with E-state index in [1.54, 1.807) is 13.0 Å². The number of aliphatic hydroxyl groups is 1. The molecule has 3 nitrogen and oxygen atoms in total. The van der Waals surface area contributed by atoms with Crippen LogP contribution in [-0.2, 0) is 15.7 Å². The number of hydrogen-bond donors (Lipinski definition) is 1. The number of aliphatic hydroxyl groups excluding tert-OH is 1. The Labute approximate surface area is 87.8 Å². The topological polar surface area (TPSA) is 54.4 Å². The maximum Gasteiger partial charge on any atom is 0.261 e. The van der Waals surface area contributed by atoms with Crippen LogP contribution >= 0.6 is 10.7 Å². The third-order valence-corrected chi connectivity index (χ3v) is 3.67. The highest BCUT2D eigenvalue weighted by Gasteiger charge is 2.16. The lowest BCUT2D eigenvalue weighted by molar-refractivity contribution is 0.280. The Morgan fingerprint density at radius 3 is 2.36 bits per heavy atom. The molecule has 5 heteroatoms. The summed E-state index contributed by atoms with van der Waals surface area (Å²) in [4.78, 5) is 0.0637. The van der Waals surface area contributed by atoms with Crippen LogP contribution in [0.15, 0.2) is 17.0 Å². The van der Waals surface area contributed by atoms with Gasteiger partial charge in [-0.1, -0.05) is 6.07 Å². The molecule has 0 amide bonds. The van der Waals surface area contributed by atoms with Crippen molar-refractivity contribution in [3.63, 3.8) is 0 Å². The molecular formula is C9H11ClO3S. The van der Waals surface area contributed by atoms with Gasteiger partial charge in [0, 0.05) is 10.7 Å². The van der Waals surface area contributed by atoms with E-state index < -0.39 is 9.05 Å². The number of hydrogen-bond acceptors (Lipinski definition) is 3. The standard InChI is InChI=1S/C9H11ClO3S/c1-6-3-4-9(14(10,12)13)7(2)8(6)5-11/h3-4,11H,5H2,1-2H3. The highest BCUT2D eigenvalue weighted by molar-refractivity contribution is 8.13. The maximum atomic E-state index is 11.1. The van der Waals surface area contributed by atoms with E-state index in [-0.39, 0.29) is 11.5 Å². The molecule has 78 valence electrons. The summed E-state index contributed by atoms with van der Waals surface area (Å²) in [5.41, 5.74) is 1.99. The number of halogens is 1. The largest absolute Gasteiger partial charge is 0.392 e. The van der Waals surface area contributed by atoms with Gasteiger partial charge >= 0.3 is 0 Å². The average Bonchev–Trinajstić information content (AvgIpc) is 2.02. The Kier molecular flexibility index (Phi) is 3.19. The van der Waals surface area contributed by atoms with Gasteiger partial charge < -0.3 is 5.11 Å². The zero-order chi connectivity index (χ0) is 10.9. The molecule has 0 saturated heterocycles. The lowest BCUT2D eigenvalue weighted by Crippen LogP contribution is -2.01. The van der Waals surface area contributed by atoms with Crippen LogP contribution in [0.2, 0.25) is 0 Å². The molecule has 0 atom stereocenters. The molecule has 0 fully saturated rings. The summed E-state index contributed by atoms with van der Waals surface area (Å²) in [6, 6.07) is 3.08. The van der Waals surface area contributed by atoms with Gasteiger partial charge in [0.15, 0.2) is 0 Å². The summed E-state index contributed by atoms with van der Waals surface area (Å²) in [7, 11) is 1.51. The molecule has 0 bridgehead atoms. The van der Waals surface area contributed by atoms with Crippen LogP contribution < -0.4 is 0 Å². The fourth-order valence-electron chi connectivity index (χ4n) is 1.38. The van der Waals surface area contributed by atoms with E-state index in [2.05, 4.69) is 0 Å². The second-order valence-electron chi connectivity index (χ2n) is 3.08. The minimum atomic E-state index is -3.72.